The summed E-state index contributed by atoms with van der Waals surface area (Å²) < 4.78 is 18.8. The summed E-state index contributed by atoms with van der Waals surface area (Å²) in [5.74, 6) is -0.535. The average Bonchev–Trinajstić information content (AvgIpc) is 2.82. The zero-order valence-electron chi connectivity index (χ0n) is 19.0. The topological polar surface area (TPSA) is 58.6 Å². The van der Waals surface area contributed by atoms with E-state index in [1.807, 2.05) is 68.4 Å². The Labute approximate surface area is 194 Å². The van der Waals surface area contributed by atoms with Gasteiger partial charge in [-0.15, -0.1) is 0 Å². The Balaban J connectivity index is 1.89. The van der Waals surface area contributed by atoms with Crippen LogP contribution >= 0.6 is 0 Å². The fraction of sp³-hybridized carbons (Fsp3) is 0.259. The minimum Gasteiger partial charge on any atom is -0.484 e. The molecule has 0 fully saturated rings. The van der Waals surface area contributed by atoms with Gasteiger partial charge in [-0.05, 0) is 54.8 Å². The summed E-state index contributed by atoms with van der Waals surface area (Å²) in [5.41, 5.74) is 2.94. The van der Waals surface area contributed by atoms with Crippen molar-refractivity contribution in [3.8, 4) is 5.75 Å². The Hall–Kier alpha value is -3.67. The first-order chi connectivity index (χ1) is 16.0. The third-order valence-electron chi connectivity index (χ3n) is 5.40. The maximum absolute atomic E-state index is 13.4. The van der Waals surface area contributed by atoms with Crippen molar-refractivity contribution in [1.29, 1.82) is 0 Å². The lowest BCUT2D eigenvalue weighted by Crippen LogP contribution is -2.51. The number of nitrogens with zero attached hydrogens (tertiary/aromatic N) is 1. The van der Waals surface area contributed by atoms with Crippen molar-refractivity contribution in [3.05, 3.63) is 101 Å². The molecule has 2 amide bonds. The van der Waals surface area contributed by atoms with Crippen LogP contribution in [0, 0.1) is 12.7 Å². The Bertz CT molecular complexity index is 1050. The van der Waals surface area contributed by atoms with Crippen LogP contribution in [-0.2, 0) is 22.6 Å². The summed E-state index contributed by atoms with van der Waals surface area (Å²) in [5, 5.41) is 2.87. The van der Waals surface area contributed by atoms with Crippen molar-refractivity contribution in [2.75, 3.05) is 13.2 Å². The van der Waals surface area contributed by atoms with Gasteiger partial charge in [-0.3, -0.25) is 9.59 Å². The normalized spacial score (nSPS) is 11.5. The number of rotatable bonds is 10. The van der Waals surface area contributed by atoms with Crippen molar-refractivity contribution in [3.63, 3.8) is 0 Å². The summed E-state index contributed by atoms with van der Waals surface area (Å²) in [4.78, 5) is 28.1. The Morgan fingerprint density at radius 3 is 2.30 bits per heavy atom. The number of carbonyl (C=O) groups is 2. The van der Waals surface area contributed by atoms with Crippen LogP contribution in [0.1, 0.15) is 23.6 Å². The molecule has 0 aliphatic heterocycles. The molecule has 0 bridgehead atoms. The molecule has 0 radical (unpaired) electrons. The van der Waals surface area contributed by atoms with E-state index >= 15 is 0 Å². The van der Waals surface area contributed by atoms with Gasteiger partial charge in [-0.2, -0.15) is 0 Å². The van der Waals surface area contributed by atoms with E-state index in [-0.39, 0.29) is 30.8 Å². The van der Waals surface area contributed by atoms with Crippen LogP contribution in [-0.4, -0.2) is 35.9 Å². The maximum Gasteiger partial charge on any atom is 0.261 e. The first kappa shape index (κ1) is 24.0. The highest BCUT2D eigenvalue weighted by Gasteiger charge is 2.30. The van der Waals surface area contributed by atoms with E-state index in [0.717, 1.165) is 16.7 Å². The van der Waals surface area contributed by atoms with Crippen molar-refractivity contribution in [1.82, 2.24) is 10.2 Å². The highest BCUT2D eigenvalue weighted by atomic mass is 19.1. The quantitative estimate of drug-likeness (QED) is 0.503. The Kier molecular flexibility index (Phi) is 8.58. The lowest BCUT2D eigenvalue weighted by Gasteiger charge is -2.31. The molecule has 0 heterocycles. The molecule has 0 unspecified atom stereocenters. The van der Waals surface area contributed by atoms with Crippen molar-refractivity contribution >= 4 is 11.8 Å². The number of likely N-dealkylation sites (N-methyl/N-ethyl adjacent to an activating group) is 1. The summed E-state index contributed by atoms with van der Waals surface area (Å²) >= 11 is 0. The highest BCUT2D eigenvalue weighted by molar-refractivity contribution is 5.88. The van der Waals surface area contributed by atoms with Crippen LogP contribution in [0.25, 0.3) is 0 Å². The summed E-state index contributed by atoms with van der Waals surface area (Å²) in [6.07, 6.45) is 0.376. The van der Waals surface area contributed by atoms with Crippen LogP contribution < -0.4 is 10.1 Å². The van der Waals surface area contributed by atoms with Gasteiger partial charge in [-0.25, -0.2) is 4.39 Å². The molecule has 0 spiro atoms. The van der Waals surface area contributed by atoms with Gasteiger partial charge in [0.15, 0.2) is 6.61 Å². The summed E-state index contributed by atoms with van der Waals surface area (Å²) in [7, 11) is 0. The van der Waals surface area contributed by atoms with Gasteiger partial charge in [0.25, 0.3) is 5.91 Å². The van der Waals surface area contributed by atoms with Crippen LogP contribution in [0.3, 0.4) is 0 Å². The maximum atomic E-state index is 13.4. The fourth-order valence-electron chi connectivity index (χ4n) is 3.58. The van der Waals surface area contributed by atoms with Gasteiger partial charge in [-0.1, -0.05) is 54.6 Å². The van der Waals surface area contributed by atoms with Gasteiger partial charge >= 0.3 is 0 Å². The smallest absolute Gasteiger partial charge is 0.261 e. The van der Waals surface area contributed by atoms with Crippen LogP contribution in [0.15, 0.2) is 78.9 Å². The SMILES string of the molecule is CCNC(=O)[C@@H](Cc1ccccc1)N(Cc1ccccc1C)C(=O)COc1ccc(F)cc1. The molecule has 1 N–H and O–H groups in total. The molecular weight excluding hydrogens is 419 g/mol. The lowest BCUT2D eigenvalue weighted by atomic mass is 10.0. The summed E-state index contributed by atoms with van der Waals surface area (Å²) in [6.45, 7) is 4.30. The monoisotopic (exact) mass is 448 g/mol. The molecule has 3 aromatic rings. The van der Waals surface area contributed by atoms with Gasteiger partial charge in [0.05, 0.1) is 0 Å². The zero-order valence-corrected chi connectivity index (χ0v) is 19.0. The molecule has 33 heavy (non-hydrogen) atoms. The predicted octanol–water partition coefficient (Wildman–Crippen LogP) is 4.29. The average molecular weight is 449 g/mol. The van der Waals surface area contributed by atoms with E-state index in [2.05, 4.69) is 5.32 Å². The molecule has 0 aliphatic carbocycles. The molecule has 3 aromatic carbocycles. The van der Waals surface area contributed by atoms with Crippen molar-refractivity contribution in [2.45, 2.75) is 32.9 Å². The van der Waals surface area contributed by atoms with Crippen molar-refractivity contribution in [2.24, 2.45) is 0 Å². The number of halogens is 1. The van der Waals surface area contributed by atoms with Crippen LogP contribution in [0.5, 0.6) is 5.75 Å². The minimum atomic E-state index is -0.712. The van der Waals surface area contributed by atoms with Gasteiger partial charge in [0.1, 0.15) is 17.6 Å². The van der Waals surface area contributed by atoms with E-state index in [1.165, 1.54) is 24.3 Å². The largest absolute Gasteiger partial charge is 0.484 e. The number of carbonyl (C=O) groups excluding carboxylic acids is 2. The predicted molar refractivity (Wildman–Crippen MR) is 126 cm³/mol. The molecule has 0 saturated carbocycles. The molecule has 0 aliphatic rings. The molecular formula is C27H29FN2O3. The van der Waals surface area contributed by atoms with Crippen LogP contribution in [0.2, 0.25) is 0 Å². The molecule has 6 heteroatoms. The Morgan fingerprint density at radius 1 is 0.970 bits per heavy atom. The van der Waals surface area contributed by atoms with E-state index in [0.29, 0.717) is 18.7 Å². The number of aryl methyl sites for hydroxylation is 1. The first-order valence-electron chi connectivity index (χ1n) is 11.0. The third-order valence-corrected chi connectivity index (χ3v) is 5.40. The van der Waals surface area contributed by atoms with Crippen molar-refractivity contribution < 1.29 is 18.7 Å². The molecule has 0 aromatic heterocycles. The molecule has 5 nitrogen and oxygen atoms in total. The number of benzene rings is 3. The minimum absolute atomic E-state index is 0.218. The van der Waals surface area contributed by atoms with E-state index in [1.54, 1.807) is 4.90 Å². The summed E-state index contributed by atoms with van der Waals surface area (Å²) in [6, 6.07) is 22.2. The lowest BCUT2D eigenvalue weighted by molar-refractivity contribution is -0.142. The first-order valence-corrected chi connectivity index (χ1v) is 11.0. The van der Waals surface area contributed by atoms with E-state index in [9.17, 15) is 14.0 Å². The number of hydrogen-bond acceptors (Lipinski definition) is 3. The van der Waals surface area contributed by atoms with Gasteiger partial charge in [0, 0.05) is 19.5 Å². The fourth-order valence-corrected chi connectivity index (χ4v) is 3.58. The molecule has 172 valence electrons. The number of nitrogens with one attached hydrogen (secondary N) is 1. The second-order valence-corrected chi connectivity index (χ2v) is 7.79. The second-order valence-electron chi connectivity index (χ2n) is 7.79. The van der Waals surface area contributed by atoms with E-state index in [4.69, 9.17) is 4.74 Å². The zero-order chi connectivity index (χ0) is 23.6. The molecule has 0 saturated heterocycles. The number of amides is 2. The van der Waals surface area contributed by atoms with Gasteiger partial charge in [0.2, 0.25) is 5.91 Å². The second kappa shape index (κ2) is 11.8. The standard InChI is InChI=1S/C27H29FN2O3/c1-3-29-27(32)25(17-21-10-5-4-6-11-21)30(18-22-12-8-7-9-20(22)2)26(31)19-33-24-15-13-23(28)14-16-24/h4-16,25H,3,17-19H2,1-2H3,(H,29,32)/t25-/m1/s1. The van der Waals surface area contributed by atoms with Crippen LogP contribution in [0.4, 0.5) is 4.39 Å². The Morgan fingerprint density at radius 2 is 1.64 bits per heavy atom. The van der Waals surface area contributed by atoms with Gasteiger partial charge < -0.3 is 15.0 Å². The number of hydrogen-bond donors (Lipinski definition) is 1. The highest BCUT2D eigenvalue weighted by Crippen LogP contribution is 2.18. The third kappa shape index (κ3) is 6.91. The molecule has 1 atom stereocenters. The number of ether oxygens (including phenoxy) is 1. The molecule has 3 rings (SSSR count). The van der Waals surface area contributed by atoms with E-state index < -0.39 is 6.04 Å².